The molecule has 2 aromatic heterocycles. The normalized spacial score (nSPS) is 18.0. The average molecular weight is 432 g/mol. The number of nitrogens with zero attached hydrogens (tertiary/aromatic N) is 3. The van der Waals surface area contributed by atoms with Crippen LogP contribution in [-0.4, -0.2) is 41.7 Å². The standard InChI is InChI=1S/C20H21N3O4S2/c1-14-18(22-17-8-3-2-7-16(17)21-14)13-27-20(24)15-6-4-10-23(12-15)29(25,26)19-9-5-11-28-19/h2-3,5,7-9,11,15H,4,6,10,12-13H2,1H3/t15-/m0/s1. The van der Waals surface area contributed by atoms with Crippen molar-refractivity contribution >= 4 is 38.4 Å². The molecular weight excluding hydrogens is 410 g/mol. The lowest BCUT2D eigenvalue weighted by Gasteiger charge is -2.30. The van der Waals surface area contributed by atoms with Crippen LogP contribution in [0.3, 0.4) is 0 Å². The third-order valence-corrected chi connectivity index (χ3v) is 8.24. The first-order chi connectivity index (χ1) is 13.9. The molecule has 29 heavy (non-hydrogen) atoms. The smallest absolute Gasteiger partial charge is 0.310 e. The number of thiophene rings is 1. The maximum absolute atomic E-state index is 12.7. The van der Waals surface area contributed by atoms with Crippen molar-refractivity contribution in [2.24, 2.45) is 5.92 Å². The van der Waals surface area contributed by atoms with E-state index in [0.29, 0.717) is 35.0 Å². The molecule has 0 N–H and O–H groups in total. The van der Waals surface area contributed by atoms with E-state index in [9.17, 15) is 13.2 Å². The predicted molar refractivity (Wildman–Crippen MR) is 110 cm³/mol. The molecule has 1 atom stereocenters. The summed E-state index contributed by atoms with van der Waals surface area (Å²) >= 11 is 1.18. The summed E-state index contributed by atoms with van der Waals surface area (Å²) in [5.74, 6) is -0.877. The fraction of sp³-hybridized carbons (Fsp3) is 0.350. The third-order valence-electron chi connectivity index (χ3n) is 5.00. The van der Waals surface area contributed by atoms with Gasteiger partial charge in [0.25, 0.3) is 10.0 Å². The third kappa shape index (κ3) is 4.17. The topological polar surface area (TPSA) is 89.5 Å². The van der Waals surface area contributed by atoms with Crippen LogP contribution < -0.4 is 0 Å². The molecule has 1 aliphatic heterocycles. The molecule has 4 rings (SSSR count). The number of benzene rings is 1. The Kier molecular flexibility index (Phi) is 5.62. The van der Waals surface area contributed by atoms with Gasteiger partial charge in [0.1, 0.15) is 10.8 Å². The summed E-state index contributed by atoms with van der Waals surface area (Å²) < 4.78 is 32.6. The monoisotopic (exact) mass is 431 g/mol. The number of para-hydroxylation sites is 2. The number of fused-ring (bicyclic) bond motifs is 1. The maximum atomic E-state index is 12.7. The van der Waals surface area contributed by atoms with E-state index in [2.05, 4.69) is 9.97 Å². The van der Waals surface area contributed by atoms with E-state index in [1.54, 1.807) is 17.5 Å². The van der Waals surface area contributed by atoms with Crippen molar-refractivity contribution in [2.45, 2.75) is 30.6 Å². The molecule has 1 saturated heterocycles. The van der Waals surface area contributed by atoms with Crippen LogP contribution >= 0.6 is 11.3 Å². The Hall–Kier alpha value is -2.36. The van der Waals surface area contributed by atoms with Crippen molar-refractivity contribution in [3.8, 4) is 0 Å². The molecule has 0 amide bonds. The highest BCUT2D eigenvalue weighted by atomic mass is 32.2. The quantitative estimate of drug-likeness (QED) is 0.577. The zero-order chi connectivity index (χ0) is 20.4. The van der Waals surface area contributed by atoms with Gasteiger partial charge < -0.3 is 4.74 Å². The Bertz CT molecular complexity index is 1130. The zero-order valence-corrected chi connectivity index (χ0v) is 17.6. The highest BCUT2D eigenvalue weighted by molar-refractivity contribution is 7.91. The lowest BCUT2D eigenvalue weighted by molar-refractivity contribution is -0.151. The lowest BCUT2D eigenvalue weighted by Crippen LogP contribution is -2.42. The molecule has 1 aromatic carbocycles. The van der Waals surface area contributed by atoms with Crippen molar-refractivity contribution in [1.82, 2.24) is 14.3 Å². The number of carbonyl (C=O) groups excluding carboxylic acids is 1. The largest absolute Gasteiger partial charge is 0.459 e. The Labute approximate surface area is 173 Å². The van der Waals surface area contributed by atoms with Gasteiger partial charge >= 0.3 is 5.97 Å². The van der Waals surface area contributed by atoms with Gasteiger partial charge in [-0.2, -0.15) is 4.31 Å². The van der Waals surface area contributed by atoms with Crippen LogP contribution in [0.1, 0.15) is 24.2 Å². The average Bonchev–Trinajstić information content (AvgIpc) is 3.28. The number of ether oxygens (including phenoxy) is 1. The molecule has 0 bridgehead atoms. The maximum Gasteiger partial charge on any atom is 0.310 e. The predicted octanol–water partition coefficient (Wildman–Crippen LogP) is 3.14. The first-order valence-corrected chi connectivity index (χ1v) is 11.7. The summed E-state index contributed by atoms with van der Waals surface area (Å²) in [4.78, 5) is 21.6. The van der Waals surface area contributed by atoms with Crippen molar-refractivity contribution < 1.29 is 17.9 Å². The number of esters is 1. The zero-order valence-electron chi connectivity index (χ0n) is 15.9. The summed E-state index contributed by atoms with van der Waals surface area (Å²) in [5, 5.41) is 1.73. The van der Waals surface area contributed by atoms with Crippen LogP contribution in [0, 0.1) is 12.8 Å². The Balaban J connectivity index is 1.43. The molecule has 3 aromatic rings. The molecule has 7 nitrogen and oxygen atoms in total. The van der Waals surface area contributed by atoms with Crippen LogP contribution in [0.2, 0.25) is 0 Å². The summed E-state index contributed by atoms with van der Waals surface area (Å²) in [6.07, 6.45) is 1.23. The highest BCUT2D eigenvalue weighted by Gasteiger charge is 2.34. The number of carbonyl (C=O) groups is 1. The minimum Gasteiger partial charge on any atom is -0.459 e. The number of rotatable bonds is 5. The Morgan fingerprint density at radius 2 is 1.97 bits per heavy atom. The summed E-state index contributed by atoms with van der Waals surface area (Å²) in [6, 6.07) is 10.8. The number of sulfonamides is 1. The number of aromatic nitrogens is 2. The molecule has 0 unspecified atom stereocenters. The molecule has 3 heterocycles. The number of hydrogen-bond acceptors (Lipinski definition) is 7. The molecule has 152 valence electrons. The van der Waals surface area contributed by atoms with Gasteiger partial charge in [0.15, 0.2) is 0 Å². The number of aryl methyl sites for hydroxylation is 1. The van der Waals surface area contributed by atoms with E-state index in [0.717, 1.165) is 11.0 Å². The molecule has 0 radical (unpaired) electrons. The van der Waals surface area contributed by atoms with Gasteiger partial charge in [-0.3, -0.25) is 4.79 Å². The van der Waals surface area contributed by atoms with Crippen LogP contribution in [0.4, 0.5) is 0 Å². The second-order valence-electron chi connectivity index (χ2n) is 6.99. The highest BCUT2D eigenvalue weighted by Crippen LogP contribution is 2.27. The second kappa shape index (κ2) is 8.17. The van der Waals surface area contributed by atoms with Gasteiger partial charge in [-0.15, -0.1) is 11.3 Å². The summed E-state index contributed by atoms with van der Waals surface area (Å²) in [7, 11) is -3.56. The van der Waals surface area contributed by atoms with Crippen molar-refractivity contribution in [2.75, 3.05) is 13.1 Å². The number of piperidine rings is 1. The van der Waals surface area contributed by atoms with Gasteiger partial charge in [0.05, 0.1) is 28.3 Å². The minimum atomic E-state index is -3.56. The van der Waals surface area contributed by atoms with Gasteiger partial charge in [0.2, 0.25) is 0 Å². The molecule has 0 saturated carbocycles. The minimum absolute atomic E-state index is 0.0245. The SMILES string of the molecule is Cc1nc2ccccc2nc1COC(=O)[C@H]1CCCN(S(=O)(=O)c2cccs2)C1. The van der Waals surface area contributed by atoms with Crippen molar-refractivity contribution in [3.63, 3.8) is 0 Å². The van der Waals surface area contributed by atoms with Gasteiger partial charge in [-0.1, -0.05) is 18.2 Å². The Morgan fingerprint density at radius 3 is 2.69 bits per heavy atom. The molecule has 1 aliphatic rings. The van der Waals surface area contributed by atoms with E-state index in [-0.39, 0.29) is 13.2 Å². The van der Waals surface area contributed by atoms with Crippen LogP contribution in [-0.2, 0) is 26.2 Å². The fourth-order valence-electron chi connectivity index (χ4n) is 3.41. The lowest BCUT2D eigenvalue weighted by atomic mass is 10.00. The van der Waals surface area contributed by atoms with E-state index >= 15 is 0 Å². The van der Waals surface area contributed by atoms with Gasteiger partial charge in [-0.05, 0) is 43.3 Å². The van der Waals surface area contributed by atoms with Crippen molar-refractivity contribution in [3.05, 3.63) is 53.2 Å². The number of hydrogen-bond donors (Lipinski definition) is 0. The first-order valence-electron chi connectivity index (χ1n) is 9.38. The summed E-state index contributed by atoms with van der Waals surface area (Å²) in [5.41, 5.74) is 2.86. The molecule has 9 heteroatoms. The van der Waals surface area contributed by atoms with Crippen molar-refractivity contribution in [1.29, 1.82) is 0 Å². The van der Waals surface area contributed by atoms with Gasteiger partial charge in [-0.25, -0.2) is 18.4 Å². The van der Waals surface area contributed by atoms with Crippen LogP contribution in [0.5, 0.6) is 0 Å². The molecular formula is C20H21N3O4S2. The van der Waals surface area contributed by atoms with E-state index in [1.807, 2.05) is 31.2 Å². The van der Waals surface area contributed by atoms with E-state index in [1.165, 1.54) is 15.6 Å². The van der Waals surface area contributed by atoms with E-state index in [4.69, 9.17) is 4.74 Å². The first kappa shape index (κ1) is 19.9. The van der Waals surface area contributed by atoms with Crippen LogP contribution in [0.25, 0.3) is 11.0 Å². The molecule has 0 aliphatic carbocycles. The Morgan fingerprint density at radius 1 is 1.21 bits per heavy atom. The fourth-order valence-corrected chi connectivity index (χ4v) is 6.08. The second-order valence-corrected chi connectivity index (χ2v) is 10.1. The van der Waals surface area contributed by atoms with Gasteiger partial charge in [0, 0.05) is 13.1 Å². The van der Waals surface area contributed by atoms with Crippen LogP contribution in [0.15, 0.2) is 46.0 Å². The van der Waals surface area contributed by atoms with E-state index < -0.39 is 21.9 Å². The summed E-state index contributed by atoms with van der Waals surface area (Å²) in [6.45, 7) is 2.41. The molecule has 1 fully saturated rings. The molecule has 0 spiro atoms.